The summed E-state index contributed by atoms with van der Waals surface area (Å²) in [6.07, 6.45) is 4.58. The fraction of sp³-hybridized carbons (Fsp3) is 0.533. The molecule has 0 saturated carbocycles. The minimum atomic E-state index is 0. The monoisotopic (exact) mass is 407 g/mol. The lowest BCUT2D eigenvalue weighted by atomic mass is 10.1. The van der Waals surface area contributed by atoms with Gasteiger partial charge in [-0.15, -0.1) is 24.0 Å². The van der Waals surface area contributed by atoms with Gasteiger partial charge in [0.1, 0.15) is 0 Å². The maximum absolute atomic E-state index is 4.26. The van der Waals surface area contributed by atoms with Gasteiger partial charge in [-0.1, -0.05) is 30.3 Å². The first-order valence-electron chi connectivity index (χ1n) is 6.79. The molecule has 1 atom stereocenters. The Labute approximate surface area is 144 Å². The molecule has 0 saturated heterocycles. The molecule has 5 heteroatoms. The van der Waals surface area contributed by atoms with Gasteiger partial charge in [0, 0.05) is 13.6 Å². The molecule has 0 fully saturated rings. The number of hydrogen-bond acceptors (Lipinski definition) is 2. The SMILES string of the molecule is CN=C(NCCCCSC)NC(C)c1ccccc1.I. The van der Waals surface area contributed by atoms with E-state index >= 15 is 0 Å². The van der Waals surface area contributed by atoms with E-state index in [9.17, 15) is 0 Å². The minimum Gasteiger partial charge on any atom is -0.356 e. The van der Waals surface area contributed by atoms with E-state index in [1.807, 2.05) is 24.9 Å². The largest absolute Gasteiger partial charge is 0.356 e. The molecule has 1 rings (SSSR count). The van der Waals surface area contributed by atoms with E-state index in [0.29, 0.717) is 0 Å². The number of aliphatic imine (C=N–C) groups is 1. The molecule has 0 heterocycles. The van der Waals surface area contributed by atoms with Gasteiger partial charge in [0.25, 0.3) is 0 Å². The van der Waals surface area contributed by atoms with Crippen LogP contribution in [0.3, 0.4) is 0 Å². The summed E-state index contributed by atoms with van der Waals surface area (Å²) in [5.74, 6) is 2.11. The second-order valence-electron chi connectivity index (χ2n) is 4.48. The van der Waals surface area contributed by atoms with Crippen LogP contribution in [0.5, 0.6) is 0 Å². The molecule has 0 amide bonds. The third-order valence-electron chi connectivity index (χ3n) is 2.94. The van der Waals surface area contributed by atoms with Crippen molar-refractivity contribution >= 4 is 41.7 Å². The normalized spacial score (nSPS) is 12.4. The lowest BCUT2D eigenvalue weighted by Crippen LogP contribution is -2.39. The van der Waals surface area contributed by atoms with Gasteiger partial charge in [-0.3, -0.25) is 4.99 Å². The van der Waals surface area contributed by atoms with Crippen molar-refractivity contribution < 1.29 is 0 Å². The van der Waals surface area contributed by atoms with Crippen LogP contribution < -0.4 is 10.6 Å². The molecule has 0 aliphatic heterocycles. The quantitative estimate of drug-likeness (QED) is 0.313. The molecule has 0 spiro atoms. The van der Waals surface area contributed by atoms with Crippen LogP contribution in [0.4, 0.5) is 0 Å². The Bertz CT molecular complexity index is 371. The molecule has 0 aromatic heterocycles. The zero-order valence-electron chi connectivity index (χ0n) is 12.6. The topological polar surface area (TPSA) is 36.4 Å². The third-order valence-corrected chi connectivity index (χ3v) is 3.64. The highest BCUT2D eigenvalue weighted by molar-refractivity contribution is 14.0. The van der Waals surface area contributed by atoms with Crippen molar-refractivity contribution in [2.45, 2.75) is 25.8 Å². The number of halogens is 1. The first-order chi connectivity index (χ1) is 9.27. The van der Waals surface area contributed by atoms with E-state index in [1.54, 1.807) is 0 Å². The third kappa shape index (κ3) is 7.99. The molecule has 0 radical (unpaired) electrons. The molecule has 3 nitrogen and oxygen atoms in total. The number of hydrogen-bond donors (Lipinski definition) is 2. The average molecular weight is 407 g/mol. The predicted octanol–water partition coefficient (Wildman–Crippen LogP) is 3.67. The Morgan fingerprint density at radius 1 is 1.25 bits per heavy atom. The Kier molecular flexibility index (Phi) is 12.1. The molecule has 1 unspecified atom stereocenters. The number of thioether (sulfide) groups is 1. The van der Waals surface area contributed by atoms with Gasteiger partial charge < -0.3 is 10.6 Å². The molecule has 0 aliphatic rings. The van der Waals surface area contributed by atoms with Crippen LogP contribution >= 0.6 is 35.7 Å². The van der Waals surface area contributed by atoms with Crippen molar-refractivity contribution in [3.63, 3.8) is 0 Å². The second kappa shape index (κ2) is 12.3. The first-order valence-corrected chi connectivity index (χ1v) is 8.18. The molecule has 20 heavy (non-hydrogen) atoms. The highest BCUT2D eigenvalue weighted by Gasteiger charge is 2.06. The first kappa shape index (κ1) is 19.6. The van der Waals surface area contributed by atoms with Crippen molar-refractivity contribution in [2.75, 3.05) is 25.6 Å². The zero-order valence-corrected chi connectivity index (χ0v) is 15.7. The number of rotatable bonds is 7. The van der Waals surface area contributed by atoms with Crippen molar-refractivity contribution in [3.8, 4) is 0 Å². The van der Waals surface area contributed by atoms with Crippen LogP contribution in [0.25, 0.3) is 0 Å². The molecular formula is C15H26IN3S. The minimum absolute atomic E-state index is 0. The molecule has 0 bridgehead atoms. The smallest absolute Gasteiger partial charge is 0.191 e. The lowest BCUT2D eigenvalue weighted by molar-refractivity contribution is 0.672. The number of unbranched alkanes of at least 4 members (excludes halogenated alkanes) is 1. The van der Waals surface area contributed by atoms with E-state index in [4.69, 9.17) is 0 Å². The predicted molar refractivity (Wildman–Crippen MR) is 102 cm³/mol. The van der Waals surface area contributed by atoms with Crippen molar-refractivity contribution in [3.05, 3.63) is 35.9 Å². The summed E-state index contributed by atoms with van der Waals surface area (Å²) in [6.45, 7) is 3.12. The fourth-order valence-electron chi connectivity index (χ4n) is 1.80. The molecular weight excluding hydrogens is 381 g/mol. The summed E-state index contributed by atoms with van der Waals surface area (Å²) in [5.41, 5.74) is 1.27. The van der Waals surface area contributed by atoms with Gasteiger partial charge in [-0.2, -0.15) is 11.8 Å². The number of nitrogens with zero attached hydrogens (tertiary/aromatic N) is 1. The molecule has 114 valence electrons. The molecule has 1 aromatic rings. The average Bonchev–Trinajstić information content (AvgIpc) is 2.46. The van der Waals surface area contributed by atoms with Crippen LogP contribution in [-0.4, -0.2) is 31.6 Å². The molecule has 1 aromatic carbocycles. The summed E-state index contributed by atoms with van der Waals surface area (Å²) in [7, 11) is 1.81. The zero-order chi connectivity index (χ0) is 13.9. The summed E-state index contributed by atoms with van der Waals surface area (Å²) in [5, 5.41) is 6.77. The van der Waals surface area contributed by atoms with Crippen molar-refractivity contribution in [1.29, 1.82) is 0 Å². The van der Waals surface area contributed by atoms with E-state index in [-0.39, 0.29) is 30.0 Å². The summed E-state index contributed by atoms with van der Waals surface area (Å²) >= 11 is 1.90. The Hall–Kier alpha value is -0.430. The van der Waals surface area contributed by atoms with Crippen LogP contribution in [0, 0.1) is 0 Å². The summed E-state index contributed by atoms with van der Waals surface area (Å²) in [6, 6.07) is 10.7. The highest BCUT2D eigenvalue weighted by atomic mass is 127. The number of benzene rings is 1. The Morgan fingerprint density at radius 3 is 2.55 bits per heavy atom. The molecule has 0 aliphatic carbocycles. The Morgan fingerprint density at radius 2 is 1.95 bits per heavy atom. The summed E-state index contributed by atoms with van der Waals surface area (Å²) in [4.78, 5) is 4.26. The van der Waals surface area contributed by atoms with Gasteiger partial charge in [0.15, 0.2) is 5.96 Å². The second-order valence-corrected chi connectivity index (χ2v) is 5.46. The van der Waals surface area contributed by atoms with Crippen molar-refractivity contribution in [2.24, 2.45) is 4.99 Å². The maximum atomic E-state index is 4.26. The summed E-state index contributed by atoms with van der Waals surface area (Å²) < 4.78 is 0. The van der Waals surface area contributed by atoms with Crippen LogP contribution in [0.15, 0.2) is 35.3 Å². The van der Waals surface area contributed by atoms with E-state index < -0.39 is 0 Å². The van der Waals surface area contributed by atoms with E-state index in [1.165, 1.54) is 24.2 Å². The van der Waals surface area contributed by atoms with Crippen LogP contribution in [0.1, 0.15) is 31.4 Å². The Balaban J connectivity index is 0.00000361. The number of guanidine groups is 1. The van der Waals surface area contributed by atoms with Crippen LogP contribution in [-0.2, 0) is 0 Å². The van der Waals surface area contributed by atoms with Crippen LogP contribution in [0.2, 0.25) is 0 Å². The van der Waals surface area contributed by atoms with Gasteiger partial charge >= 0.3 is 0 Å². The van der Waals surface area contributed by atoms with E-state index in [2.05, 4.69) is 53.1 Å². The van der Waals surface area contributed by atoms with Gasteiger partial charge in [-0.25, -0.2) is 0 Å². The number of nitrogens with one attached hydrogen (secondary N) is 2. The fourth-order valence-corrected chi connectivity index (χ4v) is 2.30. The maximum Gasteiger partial charge on any atom is 0.191 e. The molecule has 2 N–H and O–H groups in total. The van der Waals surface area contributed by atoms with Gasteiger partial charge in [-0.05, 0) is 37.3 Å². The lowest BCUT2D eigenvalue weighted by Gasteiger charge is -2.18. The highest BCUT2D eigenvalue weighted by Crippen LogP contribution is 2.10. The van der Waals surface area contributed by atoms with E-state index in [0.717, 1.165) is 12.5 Å². The van der Waals surface area contributed by atoms with Gasteiger partial charge in [0.2, 0.25) is 0 Å². The standard InChI is InChI=1S/C15H25N3S.HI/c1-13(14-9-5-4-6-10-14)18-15(16-2)17-11-7-8-12-19-3;/h4-6,9-10,13H,7-8,11-12H2,1-3H3,(H2,16,17,18);1H. The van der Waals surface area contributed by atoms with Crippen molar-refractivity contribution in [1.82, 2.24) is 10.6 Å². The van der Waals surface area contributed by atoms with Gasteiger partial charge in [0.05, 0.1) is 6.04 Å².